The Kier molecular flexibility index (Phi) is 4.43. The van der Waals surface area contributed by atoms with Gasteiger partial charge in [0.15, 0.2) is 0 Å². The number of hydrogen-bond donors (Lipinski definition) is 0. The van der Waals surface area contributed by atoms with Crippen molar-refractivity contribution in [2.45, 2.75) is 19.8 Å². The Labute approximate surface area is 93.6 Å². The van der Waals surface area contributed by atoms with E-state index in [4.69, 9.17) is 16.3 Å². The topological polar surface area (TPSA) is 49.4 Å². The lowest BCUT2D eigenvalue weighted by Gasteiger charge is -2.09. The van der Waals surface area contributed by atoms with Crippen LogP contribution in [0.4, 0.5) is 0 Å². The summed E-state index contributed by atoms with van der Waals surface area (Å²) in [7, 11) is 0. The molecule has 0 radical (unpaired) electrons. The van der Waals surface area contributed by atoms with E-state index in [1.165, 1.54) is 18.2 Å². The average Bonchev–Trinajstić information content (AvgIpc) is 2.20. The van der Waals surface area contributed by atoms with Crippen LogP contribution in [0.5, 0.6) is 5.75 Å². The molecule has 1 rings (SSSR count). The second kappa shape index (κ2) is 5.61. The molecule has 1 aromatic rings. The third-order valence-electron chi connectivity index (χ3n) is 1.92. The summed E-state index contributed by atoms with van der Waals surface area (Å²) in [6, 6.07) is 4.27. The molecule has 0 atom stereocenters. The summed E-state index contributed by atoms with van der Waals surface area (Å²) in [5, 5.41) is 11.0. The molecule has 0 unspecified atom stereocenters. The maximum atomic E-state index is 10.6. The van der Waals surface area contributed by atoms with Crippen LogP contribution in [0.15, 0.2) is 18.2 Å². The Bertz CT molecular complexity index is 350. The summed E-state index contributed by atoms with van der Waals surface area (Å²) in [5.41, 5.74) is 0.0749. The van der Waals surface area contributed by atoms with Gasteiger partial charge in [0.05, 0.1) is 17.6 Å². The third kappa shape index (κ3) is 3.44. The second-order valence-electron chi connectivity index (χ2n) is 3.13. The van der Waals surface area contributed by atoms with Crippen molar-refractivity contribution in [2.75, 3.05) is 6.61 Å². The molecular weight excluding hydrogens is 216 g/mol. The quantitative estimate of drug-likeness (QED) is 0.722. The normalized spacial score (nSPS) is 10.0. The number of carboxylic acid groups (broad SMARTS) is 1. The number of aromatic carboxylic acids is 1. The summed E-state index contributed by atoms with van der Waals surface area (Å²) in [6.07, 6.45) is 1.92. The lowest BCUT2D eigenvalue weighted by Crippen LogP contribution is -2.22. The van der Waals surface area contributed by atoms with Crippen molar-refractivity contribution in [3.05, 3.63) is 28.8 Å². The molecule has 3 nitrogen and oxygen atoms in total. The number of halogens is 1. The standard InChI is InChI=1S/C11H13ClO3/c1-2-3-6-15-10-7-8(11(13)14)4-5-9(10)12/h4-5,7H,2-3,6H2,1H3,(H,13,14)/p-1. The summed E-state index contributed by atoms with van der Waals surface area (Å²) < 4.78 is 5.34. The highest BCUT2D eigenvalue weighted by atomic mass is 35.5. The van der Waals surface area contributed by atoms with Gasteiger partial charge in [0.2, 0.25) is 0 Å². The Morgan fingerprint density at radius 3 is 2.87 bits per heavy atom. The minimum Gasteiger partial charge on any atom is -0.545 e. The second-order valence-corrected chi connectivity index (χ2v) is 3.54. The van der Waals surface area contributed by atoms with Crippen molar-refractivity contribution in [3.63, 3.8) is 0 Å². The van der Waals surface area contributed by atoms with E-state index in [0.717, 1.165) is 12.8 Å². The number of ether oxygens (including phenoxy) is 1. The monoisotopic (exact) mass is 227 g/mol. The van der Waals surface area contributed by atoms with Crippen molar-refractivity contribution in [3.8, 4) is 5.75 Å². The molecule has 0 N–H and O–H groups in total. The first-order valence-corrected chi connectivity index (χ1v) is 5.16. The predicted molar refractivity (Wildman–Crippen MR) is 56.2 cm³/mol. The Morgan fingerprint density at radius 2 is 2.27 bits per heavy atom. The van der Waals surface area contributed by atoms with E-state index >= 15 is 0 Å². The van der Waals surface area contributed by atoms with Crippen LogP contribution in [0, 0.1) is 0 Å². The number of hydrogen-bond acceptors (Lipinski definition) is 3. The third-order valence-corrected chi connectivity index (χ3v) is 2.23. The predicted octanol–water partition coefficient (Wildman–Crippen LogP) is 1.88. The van der Waals surface area contributed by atoms with Gasteiger partial charge in [-0.05, 0) is 18.6 Å². The van der Waals surface area contributed by atoms with Gasteiger partial charge in [-0.1, -0.05) is 31.0 Å². The molecule has 0 saturated heterocycles. The average molecular weight is 228 g/mol. The van der Waals surface area contributed by atoms with Crippen molar-refractivity contribution in [2.24, 2.45) is 0 Å². The lowest BCUT2D eigenvalue weighted by atomic mass is 10.2. The maximum Gasteiger partial charge on any atom is 0.138 e. The summed E-state index contributed by atoms with van der Waals surface area (Å²) in [4.78, 5) is 10.6. The number of unbranched alkanes of at least 4 members (excludes halogenated alkanes) is 1. The summed E-state index contributed by atoms with van der Waals surface area (Å²) in [5.74, 6) is -0.834. The Balaban J connectivity index is 2.76. The lowest BCUT2D eigenvalue weighted by molar-refractivity contribution is -0.255. The fourth-order valence-corrected chi connectivity index (χ4v) is 1.24. The van der Waals surface area contributed by atoms with E-state index in [9.17, 15) is 9.90 Å². The van der Waals surface area contributed by atoms with E-state index in [-0.39, 0.29) is 5.56 Å². The van der Waals surface area contributed by atoms with Crippen molar-refractivity contribution in [1.29, 1.82) is 0 Å². The number of carboxylic acids is 1. The molecule has 0 saturated carbocycles. The van der Waals surface area contributed by atoms with Crippen molar-refractivity contribution >= 4 is 17.6 Å². The molecule has 0 amide bonds. The SMILES string of the molecule is CCCCOc1cc(C(=O)[O-])ccc1Cl. The van der Waals surface area contributed by atoms with Crippen LogP contribution in [0.25, 0.3) is 0 Å². The number of carbonyl (C=O) groups excluding carboxylic acids is 1. The van der Waals surface area contributed by atoms with Crippen LogP contribution >= 0.6 is 11.6 Å². The maximum absolute atomic E-state index is 10.6. The van der Waals surface area contributed by atoms with Crippen LogP contribution in [0.1, 0.15) is 30.1 Å². The molecule has 0 aromatic heterocycles. The first-order valence-electron chi connectivity index (χ1n) is 4.79. The Morgan fingerprint density at radius 1 is 1.53 bits per heavy atom. The van der Waals surface area contributed by atoms with E-state index in [0.29, 0.717) is 17.4 Å². The van der Waals surface area contributed by atoms with Crippen LogP contribution in [0.2, 0.25) is 5.02 Å². The van der Waals surface area contributed by atoms with Gasteiger partial charge in [-0.2, -0.15) is 0 Å². The van der Waals surface area contributed by atoms with Gasteiger partial charge < -0.3 is 14.6 Å². The number of carbonyl (C=O) groups is 1. The molecular formula is C11H12ClO3-. The zero-order valence-corrected chi connectivity index (χ0v) is 9.21. The fourth-order valence-electron chi connectivity index (χ4n) is 1.07. The van der Waals surface area contributed by atoms with Gasteiger partial charge in [-0.15, -0.1) is 0 Å². The number of rotatable bonds is 5. The van der Waals surface area contributed by atoms with E-state index in [2.05, 4.69) is 0 Å². The first kappa shape index (κ1) is 11.9. The molecule has 0 aliphatic carbocycles. The van der Waals surface area contributed by atoms with Crippen LogP contribution in [0.3, 0.4) is 0 Å². The van der Waals surface area contributed by atoms with Gasteiger partial charge in [-0.25, -0.2) is 0 Å². The highest BCUT2D eigenvalue weighted by Gasteiger charge is 2.03. The minimum atomic E-state index is -1.23. The van der Waals surface area contributed by atoms with Crippen molar-refractivity contribution < 1.29 is 14.6 Å². The zero-order chi connectivity index (χ0) is 11.3. The zero-order valence-electron chi connectivity index (χ0n) is 8.46. The first-order chi connectivity index (χ1) is 7.15. The summed E-state index contributed by atoms with van der Waals surface area (Å²) >= 11 is 5.84. The molecule has 0 aliphatic rings. The van der Waals surface area contributed by atoms with Crippen molar-refractivity contribution in [1.82, 2.24) is 0 Å². The molecule has 0 fully saturated rings. The highest BCUT2D eigenvalue weighted by Crippen LogP contribution is 2.25. The van der Waals surface area contributed by atoms with Gasteiger partial charge in [0, 0.05) is 5.56 Å². The smallest absolute Gasteiger partial charge is 0.138 e. The molecule has 4 heteroatoms. The van der Waals surface area contributed by atoms with Crippen LogP contribution in [-0.2, 0) is 0 Å². The van der Waals surface area contributed by atoms with E-state index in [1.807, 2.05) is 6.92 Å². The van der Waals surface area contributed by atoms with Gasteiger partial charge in [0.25, 0.3) is 0 Å². The molecule has 0 spiro atoms. The Hall–Kier alpha value is -1.22. The van der Waals surface area contributed by atoms with Gasteiger partial charge >= 0.3 is 0 Å². The molecule has 15 heavy (non-hydrogen) atoms. The molecule has 82 valence electrons. The van der Waals surface area contributed by atoms with E-state index < -0.39 is 5.97 Å². The molecule has 0 heterocycles. The molecule has 1 aromatic carbocycles. The van der Waals surface area contributed by atoms with Crippen LogP contribution < -0.4 is 9.84 Å². The molecule has 0 aliphatic heterocycles. The van der Waals surface area contributed by atoms with Crippen LogP contribution in [-0.4, -0.2) is 12.6 Å². The van der Waals surface area contributed by atoms with Gasteiger partial charge in [0.1, 0.15) is 5.75 Å². The summed E-state index contributed by atoms with van der Waals surface area (Å²) in [6.45, 7) is 2.58. The fraction of sp³-hybridized carbons (Fsp3) is 0.364. The highest BCUT2D eigenvalue weighted by molar-refractivity contribution is 6.32. The minimum absolute atomic E-state index is 0.0749. The molecule has 0 bridgehead atoms. The van der Waals surface area contributed by atoms with Gasteiger partial charge in [-0.3, -0.25) is 0 Å². The number of benzene rings is 1. The largest absolute Gasteiger partial charge is 0.545 e. The van der Waals surface area contributed by atoms with E-state index in [1.54, 1.807) is 0 Å².